The summed E-state index contributed by atoms with van der Waals surface area (Å²) in [7, 11) is 2.95. The Hall–Kier alpha value is -1.34. The van der Waals surface area contributed by atoms with Gasteiger partial charge in [-0.15, -0.1) is 0 Å². The van der Waals surface area contributed by atoms with Gasteiger partial charge in [0, 0.05) is 14.2 Å². The van der Waals surface area contributed by atoms with E-state index in [1.54, 1.807) is 27.7 Å². The summed E-state index contributed by atoms with van der Waals surface area (Å²) in [5, 5.41) is 5.03. The Bertz CT molecular complexity index is 297. The molecule has 7 nitrogen and oxygen atoms in total. The number of rotatable bonds is 6. The first-order valence-electron chi connectivity index (χ1n) is 6.02. The fourth-order valence-electron chi connectivity index (χ4n) is 1.15. The molecule has 0 spiro atoms. The Kier molecular flexibility index (Phi) is 7.40. The summed E-state index contributed by atoms with van der Waals surface area (Å²) in [5.41, 5.74) is -0.600. The first kappa shape index (κ1) is 17.7. The van der Waals surface area contributed by atoms with Crippen molar-refractivity contribution in [1.82, 2.24) is 10.6 Å². The Balaban J connectivity index is 4.10. The standard InChI is InChI=1S/C12H24N2O5/c1-8(14-11(16)19-12(2,3)4)10(15)13-7-9(17-5)18-6/h8-9H,7H2,1-6H3,(H,13,15)(H,14,16). The minimum absolute atomic E-state index is 0.201. The number of ether oxygens (including phenoxy) is 3. The van der Waals surface area contributed by atoms with Crippen molar-refractivity contribution in [3.63, 3.8) is 0 Å². The van der Waals surface area contributed by atoms with Crippen molar-refractivity contribution in [3.8, 4) is 0 Å². The van der Waals surface area contributed by atoms with E-state index in [9.17, 15) is 9.59 Å². The van der Waals surface area contributed by atoms with E-state index in [0.29, 0.717) is 0 Å². The van der Waals surface area contributed by atoms with E-state index in [1.807, 2.05) is 0 Å². The largest absolute Gasteiger partial charge is 0.444 e. The average molecular weight is 276 g/mol. The molecule has 0 aromatic carbocycles. The van der Waals surface area contributed by atoms with Crippen LogP contribution < -0.4 is 10.6 Å². The maximum atomic E-state index is 11.7. The first-order chi connectivity index (χ1) is 8.69. The summed E-state index contributed by atoms with van der Waals surface area (Å²) in [6.07, 6.45) is -1.15. The van der Waals surface area contributed by atoms with Crippen molar-refractivity contribution in [2.75, 3.05) is 20.8 Å². The highest BCUT2D eigenvalue weighted by Gasteiger charge is 2.21. The Morgan fingerprint density at radius 2 is 1.68 bits per heavy atom. The molecule has 0 radical (unpaired) electrons. The molecule has 0 saturated carbocycles. The van der Waals surface area contributed by atoms with E-state index < -0.39 is 24.0 Å². The van der Waals surface area contributed by atoms with Crippen molar-refractivity contribution in [3.05, 3.63) is 0 Å². The molecule has 2 N–H and O–H groups in total. The molecular weight excluding hydrogens is 252 g/mol. The zero-order chi connectivity index (χ0) is 15.1. The van der Waals surface area contributed by atoms with Crippen LogP contribution in [0.4, 0.5) is 4.79 Å². The summed E-state index contributed by atoms with van der Waals surface area (Å²) in [6.45, 7) is 7.01. The van der Waals surface area contributed by atoms with Crippen LogP contribution in [-0.2, 0) is 19.0 Å². The van der Waals surface area contributed by atoms with Gasteiger partial charge in [-0.25, -0.2) is 4.79 Å². The lowest BCUT2D eigenvalue weighted by molar-refractivity contribution is -0.128. The molecule has 0 fully saturated rings. The average Bonchev–Trinajstić information content (AvgIpc) is 2.27. The van der Waals surface area contributed by atoms with E-state index in [4.69, 9.17) is 14.2 Å². The maximum Gasteiger partial charge on any atom is 0.408 e. The Morgan fingerprint density at radius 1 is 1.16 bits per heavy atom. The first-order valence-corrected chi connectivity index (χ1v) is 6.02. The van der Waals surface area contributed by atoms with Crippen LogP contribution in [0.25, 0.3) is 0 Å². The van der Waals surface area contributed by atoms with E-state index in [-0.39, 0.29) is 12.5 Å². The minimum Gasteiger partial charge on any atom is -0.444 e. The van der Waals surface area contributed by atoms with Gasteiger partial charge in [0.1, 0.15) is 11.6 Å². The monoisotopic (exact) mass is 276 g/mol. The number of hydrogen-bond donors (Lipinski definition) is 2. The number of amides is 2. The van der Waals surface area contributed by atoms with Crippen LogP contribution in [0.15, 0.2) is 0 Å². The number of methoxy groups -OCH3 is 2. The van der Waals surface area contributed by atoms with Gasteiger partial charge in [-0.1, -0.05) is 0 Å². The zero-order valence-electron chi connectivity index (χ0n) is 12.4. The highest BCUT2D eigenvalue weighted by molar-refractivity contribution is 5.85. The van der Waals surface area contributed by atoms with Crippen LogP contribution in [0.5, 0.6) is 0 Å². The molecule has 0 bridgehead atoms. The maximum absolute atomic E-state index is 11.7. The number of carbonyl (C=O) groups is 2. The van der Waals surface area contributed by atoms with E-state index in [2.05, 4.69) is 10.6 Å². The van der Waals surface area contributed by atoms with Crippen LogP contribution in [0.3, 0.4) is 0 Å². The molecule has 0 heterocycles. The van der Waals surface area contributed by atoms with Gasteiger partial charge in [0.25, 0.3) is 0 Å². The lowest BCUT2D eigenvalue weighted by Crippen LogP contribution is -2.48. The topological polar surface area (TPSA) is 85.9 Å². The quantitative estimate of drug-likeness (QED) is 0.695. The van der Waals surface area contributed by atoms with Crippen LogP contribution in [0.1, 0.15) is 27.7 Å². The third-order valence-electron chi connectivity index (χ3n) is 2.10. The molecule has 0 aliphatic rings. The van der Waals surface area contributed by atoms with Gasteiger partial charge in [0.2, 0.25) is 5.91 Å². The van der Waals surface area contributed by atoms with Crippen LogP contribution in [-0.4, -0.2) is 50.7 Å². The predicted molar refractivity (Wildman–Crippen MR) is 69.6 cm³/mol. The summed E-state index contributed by atoms with van der Waals surface area (Å²) in [4.78, 5) is 23.1. The SMILES string of the molecule is COC(CNC(=O)C(C)NC(=O)OC(C)(C)C)OC. The van der Waals surface area contributed by atoms with Gasteiger partial charge in [0.05, 0.1) is 6.54 Å². The van der Waals surface area contributed by atoms with Crippen molar-refractivity contribution in [2.24, 2.45) is 0 Å². The Morgan fingerprint density at radius 3 is 2.11 bits per heavy atom. The molecule has 0 aromatic heterocycles. The summed E-state index contributed by atoms with van der Waals surface area (Å²) >= 11 is 0. The molecule has 1 atom stereocenters. The molecule has 7 heteroatoms. The minimum atomic E-state index is -0.704. The molecule has 0 aromatic rings. The van der Waals surface area contributed by atoms with Gasteiger partial charge in [-0.05, 0) is 27.7 Å². The van der Waals surface area contributed by atoms with Crippen LogP contribution in [0.2, 0.25) is 0 Å². The van der Waals surface area contributed by atoms with Crippen LogP contribution >= 0.6 is 0 Å². The zero-order valence-corrected chi connectivity index (χ0v) is 12.4. The summed E-state index contributed by atoms with van der Waals surface area (Å²) in [5.74, 6) is -0.343. The van der Waals surface area contributed by atoms with Crippen molar-refractivity contribution < 1.29 is 23.8 Å². The normalized spacial score (nSPS) is 13.0. The summed E-state index contributed by atoms with van der Waals surface area (Å²) < 4.78 is 14.9. The second-order valence-corrected chi connectivity index (χ2v) is 5.01. The lowest BCUT2D eigenvalue weighted by Gasteiger charge is -2.22. The third kappa shape index (κ3) is 8.39. The smallest absolute Gasteiger partial charge is 0.408 e. The molecular formula is C12H24N2O5. The molecule has 0 aliphatic heterocycles. The number of nitrogens with one attached hydrogen (secondary N) is 2. The van der Waals surface area contributed by atoms with E-state index in [1.165, 1.54) is 14.2 Å². The molecule has 19 heavy (non-hydrogen) atoms. The van der Waals surface area contributed by atoms with Gasteiger partial charge in [-0.3, -0.25) is 4.79 Å². The van der Waals surface area contributed by atoms with Gasteiger partial charge in [-0.2, -0.15) is 0 Å². The van der Waals surface area contributed by atoms with Crippen molar-refractivity contribution >= 4 is 12.0 Å². The number of hydrogen-bond acceptors (Lipinski definition) is 5. The fourth-order valence-corrected chi connectivity index (χ4v) is 1.15. The van der Waals surface area contributed by atoms with Gasteiger partial charge in [0.15, 0.2) is 6.29 Å². The molecule has 0 saturated heterocycles. The van der Waals surface area contributed by atoms with E-state index in [0.717, 1.165) is 0 Å². The predicted octanol–water partition coefficient (Wildman–Crippen LogP) is 0.635. The molecule has 0 aliphatic carbocycles. The van der Waals surface area contributed by atoms with Gasteiger partial charge < -0.3 is 24.8 Å². The van der Waals surface area contributed by atoms with E-state index >= 15 is 0 Å². The number of carbonyl (C=O) groups excluding carboxylic acids is 2. The highest BCUT2D eigenvalue weighted by atomic mass is 16.7. The highest BCUT2D eigenvalue weighted by Crippen LogP contribution is 2.06. The molecule has 112 valence electrons. The van der Waals surface area contributed by atoms with Crippen LogP contribution in [0, 0.1) is 0 Å². The fraction of sp³-hybridized carbons (Fsp3) is 0.833. The Labute approximate surface area is 114 Å². The number of alkyl carbamates (subject to hydrolysis) is 1. The molecule has 1 unspecified atom stereocenters. The molecule has 2 amide bonds. The lowest BCUT2D eigenvalue weighted by atomic mass is 10.2. The van der Waals surface area contributed by atoms with Crippen molar-refractivity contribution in [1.29, 1.82) is 0 Å². The second kappa shape index (κ2) is 7.96. The van der Waals surface area contributed by atoms with Crippen molar-refractivity contribution in [2.45, 2.75) is 45.6 Å². The summed E-state index contributed by atoms with van der Waals surface area (Å²) in [6, 6.07) is -0.704. The molecule has 0 rings (SSSR count). The van der Waals surface area contributed by atoms with Gasteiger partial charge >= 0.3 is 6.09 Å². The second-order valence-electron chi connectivity index (χ2n) is 5.01. The third-order valence-corrected chi connectivity index (χ3v) is 2.10.